The smallest absolute Gasteiger partial charge is 0.266 e. The van der Waals surface area contributed by atoms with Crippen LogP contribution in [0, 0.1) is 17.1 Å². The quantitative estimate of drug-likeness (QED) is 0.517. The summed E-state index contributed by atoms with van der Waals surface area (Å²) < 4.78 is 21.0. The minimum absolute atomic E-state index is 0.0896. The molecule has 164 valence electrons. The molecule has 1 atom stereocenters. The minimum Gasteiger partial charge on any atom is -0.494 e. The average Bonchev–Trinajstić information content (AvgIpc) is 3.39. The number of halogens is 1. The molecular formula is C25H20FN5O2. The number of pyridine rings is 1. The number of hydrogen-bond donors (Lipinski definition) is 1. The summed E-state index contributed by atoms with van der Waals surface area (Å²) in [6, 6.07) is 13.3. The maximum atomic E-state index is 14.6. The topological polar surface area (TPSA) is 92.8 Å². The van der Waals surface area contributed by atoms with Crippen molar-refractivity contribution in [2.75, 3.05) is 13.7 Å². The van der Waals surface area contributed by atoms with Crippen molar-refractivity contribution in [3.8, 4) is 28.6 Å². The van der Waals surface area contributed by atoms with E-state index in [0.29, 0.717) is 28.2 Å². The predicted octanol–water partition coefficient (Wildman–Crippen LogP) is 3.89. The molecule has 1 saturated heterocycles. The highest BCUT2D eigenvalue weighted by molar-refractivity contribution is 5.94. The number of ether oxygens (including phenoxy) is 1. The van der Waals surface area contributed by atoms with Gasteiger partial charge in [-0.2, -0.15) is 5.26 Å². The number of hydrogen-bond acceptors (Lipinski definition) is 6. The van der Waals surface area contributed by atoms with E-state index in [2.05, 4.69) is 16.4 Å². The molecule has 0 saturated carbocycles. The molecule has 0 amide bonds. The third kappa shape index (κ3) is 3.62. The number of nitrogens with zero attached hydrogens (tertiary/aromatic N) is 4. The van der Waals surface area contributed by atoms with Crippen LogP contribution in [0.1, 0.15) is 30.3 Å². The number of aromatic nitrogens is 3. The molecule has 0 aliphatic carbocycles. The lowest BCUT2D eigenvalue weighted by Crippen LogP contribution is -2.29. The standard InChI is InChI=1S/C25H20FN5O2/c1-33-22-7-6-17(12-20(22)26)31-24(21-5-3-9-29-21)30-23-18(16-4-2-8-28-14-16)10-15(13-27)11-19(23)25(31)32/h2,4,6-8,10-12,14,21,29H,3,5,9H2,1H3. The molecule has 1 unspecified atom stereocenters. The highest BCUT2D eigenvalue weighted by Gasteiger charge is 2.25. The first-order valence-corrected chi connectivity index (χ1v) is 10.6. The van der Waals surface area contributed by atoms with Crippen molar-refractivity contribution in [2.24, 2.45) is 0 Å². The van der Waals surface area contributed by atoms with Gasteiger partial charge in [0.1, 0.15) is 5.82 Å². The van der Waals surface area contributed by atoms with Gasteiger partial charge in [0.05, 0.1) is 41.4 Å². The van der Waals surface area contributed by atoms with E-state index in [9.17, 15) is 14.4 Å². The second-order valence-electron chi connectivity index (χ2n) is 7.85. The van der Waals surface area contributed by atoms with Crippen LogP contribution in [0.4, 0.5) is 4.39 Å². The molecule has 2 aromatic heterocycles. The van der Waals surface area contributed by atoms with Crippen LogP contribution in [0.15, 0.2) is 59.7 Å². The third-order valence-electron chi connectivity index (χ3n) is 5.87. The lowest BCUT2D eigenvalue weighted by molar-refractivity contribution is 0.386. The fourth-order valence-corrected chi connectivity index (χ4v) is 4.30. The summed E-state index contributed by atoms with van der Waals surface area (Å²) >= 11 is 0. The Balaban J connectivity index is 1.86. The first-order chi connectivity index (χ1) is 16.1. The Morgan fingerprint density at radius 3 is 2.82 bits per heavy atom. The Kier molecular flexibility index (Phi) is 5.32. The fourth-order valence-electron chi connectivity index (χ4n) is 4.30. The molecule has 0 bridgehead atoms. The average molecular weight is 441 g/mol. The molecule has 8 heteroatoms. The summed E-state index contributed by atoms with van der Waals surface area (Å²) in [5.74, 6) is 0.0188. The van der Waals surface area contributed by atoms with E-state index in [-0.39, 0.29) is 22.7 Å². The van der Waals surface area contributed by atoms with Gasteiger partial charge in [-0.25, -0.2) is 9.37 Å². The summed E-state index contributed by atoms with van der Waals surface area (Å²) in [6.07, 6.45) is 5.08. The van der Waals surface area contributed by atoms with Gasteiger partial charge in [0.25, 0.3) is 5.56 Å². The van der Waals surface area contributed by atoms with Gasteiger partial charge in [-0.15, -0.1) is 0 Å². The van der Waals surface area contributed by atoms with Crippen LogP contribution in [0.2, 0.25) is 0 Å². The molecule has 3 heterocycles. The SMILES string of the molecule is COc1ccc(-n2c(C3CCCN3)nc3c(-c4cccnc4)cc(C#N)cc3c2=O)cc1F. The highest BCUT2D eigenvalue weighted by Crippen LogP contribution is 2.31. The molecule has 33 heavy (non-hydrogen) atoms. The lowest BCUT2D eigenvalue weighted by Gasteiger charge is -2.20. The van der Waals surface area contributed by atoms with Crippen molar-refractivity contribution >= 4 is 10.9 Å². The Labute approximate surface area is 189 Å². The van der Waals surface area contributed by atoms with Crippen molar-refractivity contribution in [3.63, 3.8) is 0 Å². The normalized spacial score (nSPS) is 15.5. The van der Waals surface area contributed by atoms with E-state index in [1.807, 2.05) is 6.07 Å². The molecule has 0 radical (unpaired) electrons. The Morgan fingerprint density at radius 2 is 2.15 bits per heavy atom. The summed E-state index contributed by atoms with van der Waals surface area (Å²) in [6.45, 7) is 0.804. The van der Waals surface area contributed by atoms with E-state index >= 15 is 0 Å². The van der Waals surface area contributed by atoms with Crippen LogP contribution in [-0.4, -0.2) is 28.2 Å². The Bertz CT molecular complexity index is 1450. The van der Waals surface area contributed by atoms with Crippen LogP contribution in [0.25, 0.3) is 27.7 Å². The maximum absolute atomic E-state index is 14.6. The van der Waals surface area contributed by atoms with Gasteiger partial charge in [-0.3, -0.25) is 14.3 Å². The second kappa shape index (κ2) is 8.45. The van der Waals surface area contributed by atoms with Crippen LogP contribution in [0.5, 0.6) is 5.75 Å². The van der Waals surface area contributed by atoms with Gasteiger partial charge in [0.2, 0.25) is 0 Å². The molecule has 1 aliphatic heterocycles. The number of nitriles is 1. The Hall–Kier alpha value is -4.09. The van der Waals surface area contributed by atoms with Crippen molar-refractivity contribution in [1.29, 1.82) is 5.26 Å². The van der Waals surface area contributed by atoms with Gasteiger partial charge in [-0.05, 0) is 49.7 Å². The number of benzene rings is 2. The molecule has 0 spiro atoms. The van der Waals surface area contributed by atoms with Crippen molar-refractivity contribution in [3.05, 3.63) is 82.4 Å². The van der Waals surface area contributed by atoms with Crippen molar-refractivity contribution in [1.82, 2.24) is 19.9 Å². The number of methoxy groups -OCH3 is 1. The van der Waals surface area contributed by atoms with Gasteiger partial charge < -0.3 is 10.1 Å². The van der Waals surface area contributed by atoms with Gasteiger partial charge in [-0.1, -0.05) is 6.07 Å². The van der Waals surface area contributed by atoms with Crippen LogP contribution in [-0.2, 0) is 0 Å². The van der Waals surface area contributed by atoms with Gasteiger partial charge in [0, 0.05) is 29.6 Å². The van der Waals surface area contributed by atoms with E-state index in [0.717, 1.165) is 24.9 Å². The minimum atomic E-state index is -0.575. The van der Waals surface area contributed by atoms with E-state index < -0.39 is 5.82 Å². The molecular weight excluding hydrogens is 421 g/mol. The number of fused-ring (bicyclic) bond motifs is 1. The molecule has 1 fully saturated rings. The molecule has 2 aromatic carbocycles. The first-order valence-electron chi connectivity index (χ1n) is 10.6. The van der Waals surface area contributed by atoms with Gasteiger partial charge in [0.15, 0.2) is 11.6 Å². The van der Waals surface area contributed by atoms with E-state index in [4.69, 9.17) is 9.72 Å². The van der Waals surface area contributed by atoms with E-state index in [1.165, 1.54) is 29.9 Å². The van der Waals surface area contributed by atoms with E-state index in [1.54, 1.807) is 30.6 Å². The second-order valence-corrected chi connectivity index (χ2v) is 7.85. The Morgan fingerprint density at radius 1 is 1.27 bits per heavy atom. The maximum Gasteiger partial charge on any atom is 0.266 e. The zero-order valence-corrected chi connectivity index (χ0v) is 17.9. The summed E-state index contributed by atoms with van der Waals surface area (Å²) in [5.41, 5.74) is 2.21. The predicted molar refractivity (Wildman–Crippen MR) is 122 cm³/mol. The number of nitrogens with one attached hydrogen (secondary N) is 1. The zero-order valence-electron chi connectivity index (χ0n) is 17.9. The zero-order chi connectivity index (χ0) is 22.9. The van der Waals surface area contributed by atoms with Crippen molar-refractivity contribution in [2.45, 2.75) is 18.9 Å². The molecule has 7 nitrogen and oxygen atoms in total. The third-order valence-corrected chi connectivity index (χ3v) is 5.87. The molecule has 4 aromatic rings. The molecule has 1 aliphatic rings. The lowest BCUT2D eigenvalue weighted by atomic mass is 10.0. The largest absolute Gasteiger partial charge is 0.494 e. The summed E-state index contributed by atoms with van der Waals surface area (Å²) in [5, 5.41) is 13.3. The monoisotopic (exact) mass is 441 g/mol. The molecule has 1 N–H and O–H groups in total. The van der Waals surface area contributed by atoms with Crippen molar-refractivity contribution < 1.29 is 9.13 Å². The number of rotatable bonds is 4. The summed E-state index contributed by atoms with van der Waals surface area (Å²) in [4.78, 5) is 22.9. The highest BCUT2D eigenvalue weighted by atomic mass is 19.1. The van der Waals surface area contributed by atoms with Crippen LogP contribution < -0.4 is 15.6 Å². The molecule has 5 rings (SSSR count). The summed E-state index contributed by atoms with van der Waals surface area (Å²) in [7, 11) is 1.39. The first kappa shape index (κ1) is 20.8. The van der Waals surface area contributed by atoms with Gasteiger partial charge >= 0.3 is 0 Å². The fraction of sp³-hybridized carbons (Fsp3) is 0.200. The van der Waals surface area contributed by atoms with Crippen LogP contribution in [0.3, 0.4) is 0 Å². The van der Waals surface area contributed by atoms with Crippen LogP contribution >= 0.6 is 0 Å².